The number of nitrogens with one attached hydrogen (secondary N) is 2. The molecular formula is C10H12ClFN2. The van der Waals surface area contributed by atoms with Crippen molar-refractivity contribution in [2.24, 2.45) is 0 Å². The van der Waals surface area contributed by atoms with E-state index >= 15 is 0 Å². The van der Waals surface area contributed by atoms with E-state index in [9.17, 15) is 4.39 Å². The third-order valence-corrected chi connectivity index (χ3v) is 2.58. The van der Waals surface area contributed by atoms with Crippen LogP contribution in [-0.2, 0) is 0 Å². The Balaban J connectivity index is 2.10. The van der Waals surface area contributed by atoms with Crippen LogP contribution < -0.4 is 10.6 Å². The van der Waals surface area contributed by atoms with Crippen LogP contribution in [0.5, 0.6) is 0 Å². The molecule has 1 fully saturated rings. The Morgan fingerprint density at radius 3 is 3.07 bits per heavy atom. The Labute approximate surface area is 87.5 Å². The molecule has 1 heterocycles. The van der Waals surface area contributed by atoms with Crippen molar-refractivity contribution < 1.29 is 4.39 Å². The minimum atomic E-state index is -0.249. The zero-order chi connectivity index (χ0) is 9.97. The summed E-state index contributed by atoms with van der Waals surface area (Å²) in [7, 11) is 0. The number of benzene rings is 1. The lowest BCUT2D eigenvalue weighted by Crippen LogP contribution is -2.22. The fraction of sp³-hybridized carbons (Fsp3) is 0.400. The van der Waals surface area contributed by atoms with Crippen molar-refractivity contribution in [3.8, 4) is 0 Å². The van der Waals surface area contributed by atoms with Gasteiger partial charge in [-0.15, -0.1) is 0 Å². The first kappa shape index (κ1) is 9.74. The molecule has 0 radical (unpaired) electrons. The molecule has 0 bridgehead atoms. The Morgan fingerprint density at radius 2 is 2.36 bits per heavy atom. The van der Waals surface area contributed by atoms with Gasteiger partial charge in [-0.1, -0.05) is 11.6 Å². The Kier molecular flexibility index (Phi) is 2.89. The minimum Gasteiger partial charge on any atom is -0.379 e. The molecule has 76 valence electrons. The van der Waals surface area contributed by atoms with Gasteiger partial charge < -0.3 is 10.6 Å². The first-order valence-electron chi connectivity index (χ1n) is 4.68. The van der Waals surface area contributed by atoms with E-state index in [1.54, 1.807) is 12.1 Å². The van der Waals surface area contributed by atoms with E-state index in [0.29, 0.717) is 16.8 Å². The van der Waals surface area contributed by atoms with Crippen LogP contribution in [0.1, 0.15) is 6.42 Å². The summed E-state index contributed by atoms with van der Waals surface area (Å²) in [6.07, 6.45) is 1.02. The number of anilines is 1. The largest absolute Gasteiger partial charge is 0.379 e. The fourth-order valence-corrected chi connectivity index (χ4v) is 1.78. The van der Waals surface area contributed by atoms with Crippen molar-refractivity contribution in [3.05, 3.63) is 29.0 Å². The molecule has 1 aliphatic rings. The summed E-state index contributed by atoms with van der Waals surface area (Å²) in [5.41, 5.74) is 0.492. The van der Waals surface area contributed by atoms with E-state index in [-0.39, 0.29) is 5.82 Å². The smallest absolute Gasteiger partial charge is 0.146 e. The van der Waals surface area contributed by atoms with E-state index in [1.807, 2.05) is 0 Å². The molecule has 4 heteroatoms. The second kappa shape index (κ2) is 4.15. The maximum Gasteiger partial charge on any atom is 0.146 e. The molecule has 2 N–H and O–H groups in total. The summed E-state index contributed by atoms with van der Waals surface area (Å²) < 4.78 is 13.3. The third-order valence-electron chi connectivity index (χ3n) is 2.35. The van der Waals surface area contributed by atoms with Crippen LogP contribution in [-0.4, -0.2) is 19.1 Å². The second-order valence-electron chi connectivity index (χ2n) is 3.46. The number of hydrogen-bond acceptors (Lipinski definition) is 2. The highest BCUT2D eigenvalue weighted by atomic mass is 35.5. The minimum absolute atomic E-state index is 0.249. The van der Waals surface area contributed by atoms with Crippen LogP contribution in [0.3, 0.4) is 0 Å². The standard InChI is InChI=1S/C10H12ClFN2/c11-7-1-2-9(12)10(5-7)14-8-3-4-13-6-8/h1-2,5,8,13-14H,3-4,6H2. The van der Waals surface area contributed by atoms with Crippen LogP contribution in [0.25, 0.3) is 0 Å². The second-order valence-corrected chi connectivity index (χ2v) is 3.89. The van der Waals surface area contributed by atoms with Gasteiger partial charge in [0.25, 0.3) is 0 Å². The Hall–Kier alpha value is -0.800. The molecule has 1 atom stereocenters. The van der Waals surface area contributed by atoms with Crippen LogP contribution in [0.4, 0.5) is 10.1 Å². The maximum absolute atomic E-state index is 13.3. The lowest BCUT2D eigenvalue weighted by Gasteiger charge is -2.13. The highest BCUT2D eigenvalue weighted by molar-refractivity contribution is 6.30. The summed E-state index contributed by atoms with van der Waals surface area (Å²) in [6.45, 7) is 1.87. The van der Waals surface area contributed by atoms with Gasteiger partial charge in [-0.05, 0) is 31.2 Å². The molecule has 0 saturated carbocycles. The molecule has 1 aromatic carbocycles. The van der Waals surface area contributed by atoms with E-state index in [2.05, 4.69) is 10.6 Å². The molecule has 14 heavy (non-hydrogen) atoms. The summed E-state index contributed by atoms with van der Waals surface area (Å²) in [5, 5.41) is 6.89. The van der Waals surface area contributed by atoms with Gasteiger partial charge >= 0.3 is 0 Å². The van der Waals surface area contributed by atoms with Crippen molar-refractivity contribution in [2.75, 3.05) is 18.4 Å². The molecular weight excluding hydrogens is 203 g/mol. The van der Waals surface area contributed by atoms with Crippen molar-refractivity contribution >= 4 is 17.3 Å². The van der Waals surface area contributed by atoms with Gasteiger partial charge in [0, 0.05) is 17.6 Å². The van der Waals surface area contributed by atoms with E-state index < -0.39 is 0 Å². The topological polar surface area (TPSA) is 24.1 Å². The van der Waals surface area contributed by atoms with Gasteiger partial charge in [-0.25, -0.2) is 4.39 Å². The van der Waals surface area contributed by atoms with Gasteiger partial charge in [0.15, 0.2) is 0 Å². The summed E-state index contributed by atoms with van der Waals surface area (Å²) in [4.78, 5) is 0. The highest BCUT2D eigenvalue weighted by Gasteiger charge is 2.15. The van der Waals surface area contributed by atoms with Crippen molar-refractivity contribution in [3.63, 3.8) is 0 Å². The predicted octanol–water partition coefficient (Wildman–Crippen LogP) is 2.25. The molecule has 1 aliphatic heterocycles. The summed E-state index contributed by atoms with van der Waals surface area (Å²) in [5.74, 6) is -0.249. The van der Waals surface area contributed by atoms with Crippen LogP contribution in [0.15, 0.2) is 18.2 Å². The SMILES string of the molecule is Fc1ccc(Cl)cc1NC1CCNC1. The Morgan fingerprint density at radius 1 is 1.50 bits per heavy atom. The Bertz CT molecular complexity index is 324. The molecule has 2 rings (SSSR count). The van der Waals surface area contributed by atoms with Gasteiger partial charge in [0.2, 0.25) is 0 Å². The van der Waals surface area contributed by atoms with Gasteiger partial charge in [-0.2, -0.15) is 0 Å². The first-order valence-corrected chi connectivity index (χ1v) is 5.06. The average molecular weight is 215 g/mol. The molecule has 0 aromatic heterocycles. The lowest BCUT2D eigenvalue weighted by atomic mass is 10.2. The lowest BCUT2D eigenvalue weighted by molar-refractivity contribution is 0.626. The van der Waals surface area contributed by atoms with Gasteiger partial charge in [0.1, 0.15) is 5.82 Å². The van der Waals surface area contributed by atoms with Crippen molar-refractivity contribution in [2.45, 2.75) is 12.5 Å². The zero-order valence-corrected chi connectivity index (χ0v) is 8.44. The highest BCUT2D eigenvalue weighted by Crippen LogP contribution is 2.21. The summed E-state index contributed by atoms with van der Waals surface area (Å²) in [6, 6.07) is 4.86. The van der Waals surface area contributed by atoms with Gasteiger partial charge in [-0.3, -0.25) is 0 Å². The normalized spacial score (nSPS) is 21.1. The number of halogens is 2. The molecule has 1 unspecified atom stereocenters. The maximum atomic E-state index is 13.3. The van der Waals surface area contributed by atoms with Crippen LogP contribution in [0.2, 0.25) is 5.02 Å². The van der Waals surface area contributed by atoms with Crippen LogP contribution >= 0.6 is 11.6 Å². The average Bonchev–Trinajstić information content (AvgIpc) is 2.64. The molecule has 0 spiro atoms. The fourth-order valence-electron chi connectivity index (χ4n) is 1.61. The monoisotopic (exact) mass is 214 g/mol. The van der Waals surface area contributed by atoms with E-state index in [0.717, 1.165) is 19.5 Å². The molecule has 1 aromatic rings. The number of hydrogen-bond donors (Lipinski definition) is 2. The van der Waals surface area contributed by atoms with E-state index in [4.69, 9.17) is 11.6 Å². The van der Waals surface area contributed by atoms with Crippen LogP contribution in [0, 0.1) is 5.82 Å². The quantitative estimate of drug-likeness (QED) is 0.789. The third kappa shape index (κ3) is 2.16. The van der Waals surface area contributed by atoms with Crippen molar-refractivity contribution in [1.29, 1.82) is 0 Å². The first-order chi connectivity index (χ1) is 6.75. The van der Waals surface area contributed by atoms with Gasteiger partial charge in [0.05, 0.1) is 5.69 Å². The molecule has 0 aliphatic carbocycles. The summed E-state index contributed by atoms with van der Waals surface area (Å²) >= 11 is 5.78. The zero-order valence-electron chi connectivity index (χ0n) is 7.69. The number of rotatable bonds is 2. The molecule has 0 amide bonds. The molecule has 2 nitrogen and oxygen atoms in total. The predicted molar refractivity (Wildman–Crippen MR) is 56.3 cm³/mol. The van der Waals surface area contributed by atoms with Crippen molar-refractivity contribution in [1.82, 2.24) is 5.32 Å². The van der Waals surface area contributed by atoms with E-state index in [1.165, 1.54) is 6.07 Å². The molecule has 1 saturated heterocycles.